The lowest BCUT2D eigenvalue weighted by Crippen LogP contribution is -2.29. The highest BCUT2D eigenvalue weighted by Crippen LogP contribution is 2.22. The van der Waals surface area contributed by atoms with Gasteiger partial charge in [-0.05, 0) is 71.0 Å². The Morgan fingerprint density at radius 3 is 2.40 bits per heavy atom. The van der Waals surface area contributed by atoms with Gasteiger partial charge in [0.25, 0.3) is 0 Å². The number of halogens is 1. The molecule has 0 aliphatic carbocycles. The molecule has 132 valence electrons. The Hall–Kier alpha value is -2.09. The molecular formula is C19H21IN2O3. The van der Waals surface area contributed by atoms with Crippen molar-refractivity contribution in [1.29, 1.82) is 0 Å². The third-order valence-corrected chi connectivity index (χ3v) is 4.42. The summed E-state index contributed by atoms with van der Waals surface area (Å²) >= 11 is 2.23. The lowest BCUT2D eigenvalue weighted by Gasteiger charge is -2.19. The number of aryl methyl sites for hydroxylation is 1. The number of hydrogen-bond acceptors (Lipinski definition) is 3. The van der Waals surface area contributed by atoms with Crippen LogP contribution in [0.15, 0.2) is 42.5 Å². The summed E-state index contributed by atoms with van der Waals surface area (Å²) in [6.07, 6.45) is 0.150. The molecule has 0 aromatic heterocycles. The molecule has 1 unspecified atom stereocenters. The Bertz CT molecular complexity index is 760. The predicted molar refractivity (Wildman–Crippen MR) is 107 cm³/mol. The molecule has 0 fully saturated rings. The second-order valence-corrected chi connectivity index (χ2v) is 6.98. The van der Waals surface area contributed by atoms with E-state index in [9.17, 15) is 9.59 Å². The molecule has 0 bridgehead atoms. The zero-order chi connectivity index (χ0) is 18.4. The molecule has 0 aliphatic heterocycles. The standard InChI is InChI=1S/C19H21IN2O3/c1-12-10-15(20)6-9-17(12)22-19(24)11-18(21-13(2)23)14-4-7-16(25-3)8-5-14/h4-10,18H,11H2,1-3H3,(H,21,23)(H,22,24). The third kappa shape index (κ3) is 5.74. The maximum atomic E-state index is 12.4. The van der Waals surface area contributed by atoms with E-state index in [2.05, 4.69) is 33.2 Å². The van der Waals surface area contributed by atoms with Crippen molar-refractivity contribution >= 4 is 40.1 Å². The number of rotatable bonds is 6. The third-order valence-electron chi connectivity index (χ3n) is 3.75. The molecule has 2 aromatic rings. The van der Waals surface area contributed by atoms with Gasteiger partial charge in [0.05, 0.1) is 19.6 Å². The molecule has 2 N–H and O–H groups in total. The fraction of sp³-hybridized carbons (Fsp3) is 0.263. The van der Waals surface area contributed by atoms with E-state index in [1.54, 1.807) is 7.11 Å². The Morgan fingerprint density at radius 1 is 1.16 bits per heavy atom. The zero-order valence-corrected chi connectivity index (χ0v) is 16.6. The van der Waals surface area contributed by atoms with Crippen molar-refractivity contribution in [1.82, 2.24) is 5.32 Å². The maximum Gasteiger partial charge on any atom is 0.226 e. The van der Waals surface area contributed by atoms with E-state index in [1.165, 1.54) is 6.92 Å². The fourth-order valence-electron chi connectivity index (χ4n) is 2.49. The normalized spacial score (nSPS) is 11.5. The van der Waals surface area contributed by atoms with Crippen molar-refractivity contribution in [3.05, 3.63) is 57.2 Å². The molecule has 2 aromatic carbocycles. The van der Waals surface area contributed by atoms with Gasteiger partial charge in [0.2, 0.25) is 11.8 Å². The van der Waals surface area contributed by atoms with Crippen molar-refractivity contribution in [2.24, 2.45) is 0 Å². The maximum absolute atomic E-state index is 12.4. The first kappa shape index (κ1) is 19.2. The van der Waals surface area contributed by atoms with Gasteiger partial charge in [-0.3, -0.25) is 9.59 Å². The minimum Gasteiger partial charge on any atom is -0.497 e. The van der Waals surface area contributed by atoms with Crippen LogP contribution in [0, 0.1) is 10.5 Å². The minimum absolute atomic E-state index is 0.150. The van der Waals surface area contributed by atoms with Crippen LogP contribution in [-0.2, 0) is 9.59 Å². The van der Waals surface area contributed by atoms with Crippen molar-refractivity contribution < 1.29 is 14.3 Å². The Kier molecular flexibility index (Phi) is 6.81. The largest absolute Gasteiger partial charge is 0.497 e. The van der Waals surface area contributed by atoms with E-state index in [0.717, 1.165) is 26.1 Å². The second kappa shape index (κ2) is 8.84. The van der Waals surface area contributed by atoms with Gasteiger partial charge in [0.15, 0.2) is 0 Å². The monoisotopic (exact) mass is 452 g/mol. The highest BCUT2D eigenvalue weighted by atomic mass is 127. The molecule has 25 heavy (non-hydrogen) atoms. The fourth-order valence-corrected chi connectivity index (χ4v) is 3.13. The zero-order valence-electron chi connectivity index (χ0n) is 14.4. The van der Waals surface area contributed by atoms with E-state index >= 15 is 0 Å². The average molecular weight is 452 g/mol. The molecule has 2 amide bonds. The first-order chi connectivity index (χ1) is 11.9. The number of hydrogen-bond donors (Lipinski definition) is 2. The van der Waals surface area contributed by atoms with E-state index in [4.69, 9.17) is 4.74 Å². The number of methoxy groups -OCH3 is 1. The smallest absolute Gasteiger partial charge is 0.226 e. The summed E-state index contributed by atoms with van der Waals surface area (Å²) in [6, 6.07) is 12.8. The van der Waals surface area contributed by atoms with Crippen LogP contribution in [0.3, 0.4) is 0 Å². The van der Waals surface area contributed by atoms with Crippen LogP contribution in [0.5, 0.6) is 5.75 Å². The molecule has 0 radical (unpaired) electrons. The average Bonchev–Trinajstić information content (AvgIpc) is 2.56. The number of benzene rings is 2. The summed E-state index contributed by atoms with van der Waals surface area (Å²) in [5.41, 5.74) is 2.63. The van der Waals surface area contributed by atoms with E-state index in [1.807, 2.05) is 49.4 Å². The van der Waals surface area contributed by atoms with Gasteiger partial charge in [0.1, 0.15) is 5.75 Å². The lowest BCUT2D eigenvalue weighted by atomic mass is 10.0. The lowest BCUT2D eigenvalue weighted by molar-refractivity contribution is -0.120. The van der Waals surface area contributed by atoms with Gasteiger partial charge < -0.3 is 15.4 Å². The molecule has 1 atom stereocenters. The van der Waals surface area contributed by atoms with E-state index in [0.29, 0.717) is 0 Å². The van der Waals surface area contributed by atoms with Crippen LogP contribution in [0.1, 0.15) is 30.5 Å². The summed E-state index contributed by atoms with van der Waals surface area (Å²) in [5, 5.41) is 5.75. The summed E-state index contributed by atoms with van der Waals surface area (Å²) in [5.74, 6) is 0.391. The SMILES string of the molecule is COc1ccc(C(CC(=O)Nc2ccc(I)cc2C)NC(C)=O)cc1. The van der Waals surface area contributed by atoms with Crippen LogP contribution in [0.4, 0.5) is 5.69 Å². The molecule has 0 saturated carbocycles. The second-order valence-electron chi connectivity index (χ2n) is 5.74. The van der Waals surface area contributed by atoms with Crippen molar-refractivity contribution in [2.45, 2.75) is 26.3 Å². The van der Waals surface area contributed by atoms with E-state index < -0.39 is 6.04 Å². The van der Waals surface area contributed by atoms with Crippen molar-refractivity contribution in [3.8, 4) is 5.75 Å². The number of nitrogens with one attached hydrogen (secondary N) is 2. The number of ether oxygens (including phenoxy) is 1. The number of carbonyl (C=O) groups is 2. The minimum atomic E-state index is -0.396. The van der Waals surface area contributed by atoms with Gasteiger partial charge in [-0.2, -0.15) is 0 Å². The topological polar surface area (TPSA) is 67.4 Å². The van der Waals surface area contributed by atoms with Gasteiger partial charge >= 0.3 is 0 Å². The van der Waals surface area contributed by atoms with Crippen LogP contribution >= 0.6 is 22.6 Å². The number of anilines is 1. The van der Waals surface area contributed by atoms with Gasteiger partial charge in [-0.25, -0.2) is 0 Å². The number of carbonyl (C=O) groups excluding carboxylic acids is 2. The molecule has 0 heterocycles. The summed E-state index contributed by atoms with van der Waals surface area (Å²) in [7, 11) is 1.59. The van der Waals surface area contributed by atoms with Crippen molar-refractivity contribution in [3.63, 3.8) is 0 Å². The molecule has 0 saturated heterocycles. The molecule has 5 nitrogen and oxygen atoms in total. The first-order valence-corrected chi connectivity index (χ1v) is 8.94. The predicted octanol–water partition coefficient (Wildman–Crippen LogP) is 3.81. The molecule has 0 spiro atoms. The summed E-state index contributed by atoms with van der Waals surface area (Å²) < 4.78 is 6.26. The highest BCUT2D eigenvalue weighted by molar-refractivity contribution is 14.1. The van der Waals surface area contributed by atoms with E-state index in [-0.39, 0.29) is 18.2 Å². The van der Waals surface area contributed by atoms with Gasteiger partial charge in [0, 0.05) is 16.2 Å². The molecule has 0 aliphatic rings. The first-order valence-electron chi connectivity index (χ1n) is 7.86. The Morgan fingerprint density at radius 2 is 1.84 bits per heavy atom. The number of amides is 2. The van der Waals surface area contributed by atoms with Crippen LogP contribution in [0.2, 0.25) is 0 Å². The van der Waals surface area contributed by atoms with Crippen LogP contribution < -0.4 is 15.4 Å². The molecular weight excluding hydrogens is 431 g/mol. The van der Waals surface area contributed by atoms with Gasteiger partial charge in [-0.1, -0.05) is 12.1 Å². The van der Waals surface area contributed by atoms with Crippen LogP contribution in [0.25, 0.3) is 0 Å². The van der Waals surface area contributed by atoms with Gasteiger partial charge in [-0.15, -0.1) is 0 Å². The summed E-state index contributed by atoms with van der Waals surface area (Å²) in [4.78, 5) is 24.0. The molecule has 6 heteroatoms. The highest BCUT2D eigenvalue weighted by Gasteiger charge is 2.18. The Balaban J connectivity index is 2.12. The Labute approximate surface area is 161 Å². The summed E-state index contributed by atoms with van der Waals surface area (Å²) in [6.45, 7) is 3.39. The van der Waals surface area contributed by atoms with Crippen LogP contribution in [-0.4, -0.2) is 18.9 Å². The quantitative estimate of drug-likeness (QED) is 0.656. The molecule has 2 rings (SSSR count). The van der Waals surface area contributed by atoms with Crippen molar-refractivity contribution in [2.75, 3.05) is 12.4 Å².